The minimum absolute atomic E-state index is 0.276. The van der Waals surface area contributed by atoms with Crippen LogP contribution in [0.2, 0.25) is 0 Å². The van der Waals surface area contributed by atoms with E-state index in [1.807, 2.05) is 61.8 Å². The quantitative estimate of drug-likeness (QED) is 0.408. The van der Waals surface area contributed by atoms with Gasteiger partial charge in [0.1, 0.15) is 12.4 Å². The molecule has 6 rings (SSSR count). The molecule has 0 radical (unpaired) electrons. The van der Waals surface area contributed by atoms with Gasteiger partial charge in [-0.25, -0.2) is 14.8 Å². The Morgan fingerprint density at radius 3 is 2.58 bits per heavy atom. The number of carbonyl (C=O) groups excluding carboxylic acids is 1. The number of piperazine rings is 1. The van der Waals surface area contributed by atoms with Crippen LogP contribution >= 0.6 is 0 Å². The molecule has 1 saturated carbocycles. The van der Waals surface area contributed by atoms with Gasteiger partial charge in [-0.05, 0) is 48.9 Å². The van der Waals surface area contributed by atoms with Gasteiger partial charge in [0.2, 0.25) is 0 Å². The van der Waals surface area contributed by atoms with E-state index in [9.17, 15) is 4.79 Å². The second-order valence-electron chi connectivity index (χ2n) is 9.47. The van der Waals surface area contributed by atoms with Crippen molar-refractivity contribution in [1.29, 1.82) is 0 Å². The molecule has 0 N–H and O–H groups in total. The number of hydrogen-bond acceptors (Lipinski definition) is 7. The first-order valence-corrected chi connectivity index (χ1v) is 12.4. The van der Waals surface area contributed by atoms with E-state index in [1.165, 1.54) is 18.4 Å². The number of fused-ring (bicyclic) bond motifs is 1. The third-order valence-corrected chi connectivity index (χ3v) is 6.83. The molecular weight excluding hydrogens is 452 g/mol. The van der Waals surface area contributed by atoms with Gasteiger partial charge in [0.15, 0.2) is 5.82 Å². The number of amides is 1. The van der Waals surface area contributed by atoms with E-state index in [1.54, 1.807) is 11.1 Å². The Hall–Kier alpha value is -4.07. The maximum atomic E-state index is 12.7. The largest absolute Gasteiger partial charge is 0.445 e. The summed E-state index contributed by atoms with van der Waals surface area (Å²) in [6.45, 7) is 4.75. The summed E-state index contributed by atoms with van der Waals surface area (Å²) in [5.74, 6) is 2.11. The fourth-order valence-corrected chi connectivity index (χ4v) is 4.75. The van der Waals surface area contributed by atoms with Crippen LogP contribution in [0.4, 0.5) is 10.6 Å². The summed E-state index contributed by atoms with van der Waals surface area (Å²) in [7, 11) is 0. The number of rotatable bonds is 5. The second-order valence-corrected chi connectivity index (χ2v) is 9.47. The molecule has 1 aromatic carbocycles. The fraction of sp³-hybridized carbons (Fsp3) is 0.321. The molecule has 1 amide bonds. The van der Waals surface area contributed by atoms with Crippen LogP contribution in [-0.2, 0) is 11.3 Å². The molecule has 8 nitrogen and oxygen atoms in total. The number of pyridine rings is 2. The lowest BCUT2D eigenvalue weighted by Gasteiger charge is -2.35. The summed E-state index contributed by atoms with van der Waals surface area (Å²) in [6.07, 6.45) is 7.67. The van der Waals surface area contributed by atoms with Gasteiger partial charge in [-0.2, -0.15) is 0 Å². The lowest BCUT2D eigenvalue weighted by Crippen LogP contribution is -2.49. The van der Waals surface area contributed by atoms with Crippen molar-refractivity contribution in [2.75, 3.05) is 31.1 Å². The molecular formula is C28H28N6O2. The topological polar surface area (TPSA) is 84.3 Å². The van der Waals surface area contributed by atoms with Crippen LogP contribution < -0.4 is 4.90 Å². The van der Waals surface area contributed by atoms with E-state index in [4.69, 9.17) is 14.7 Å². The van der Waals surface area contributed by atoms with Crippen LogP contribution in [0.1, 0.15) is 35.6 Å². The van der Waals surface area contributed by atoms with Crippen LogP contribution in [0, 0.1) is 6.92 Å². The van der Waals surface area contributed by atoms with Crippen molar-refractivity contribution in [3.8, 4) is 11.4 Å². The molecule has 2 fully saturated rings. The van der Waals surface area contributed by atoms with Gasteiger partial charge in [-0.1, -0.05) is 30.3 Å². The Labute approximate surface area is 210 Å². The Kier molecular flexibility index (Phi) is 5.93. The molecule has 3 aromatic heterocycles. The second kappa shape index (κ2) is 9.53. The number of nitrogens with zero attached hydrogens (tertiary/aromatic N) is 6. The smallest absolute Gasteiger partial charge is 0.410 e. The average molecular weight is 481 g/mol. The molecule has 0 atom stereocenters. The molecule has 4 heterocycles. The summed E-state index contributed by atoms with van der Waals surface area (Å²) in [5, 5.41) is 1.09. The van der Waals surface area contributed by atoms with E-state index in [0.29, 0.717) is 37.9 Å². The van der Waals surface area contributed by atoms with Crippen molar-refractivity contribution in [2.24, 2.45) is 0 Å². The van der Waals surface area contributed by atoms with Crippen molar-refractivity contribution in [3.05, 3.63) is 77.9 Å². The third kappa shape index (κ3) is 4.58. The number of aromatic nitrogens is 4. The van der Waals surface area contributed by atoms with Crippen molar-refractivity contribution in [1.82, 2.24) is 24.8 Å². The van der Waals surface area contributed by atoms with Gasteiger partial charge < -0.3 is 14.5 Å². The van der Waals surface area contributed by atoms with Gasteiger partial charge in [0.05, 0.1) is 11.7 Å². The minimum atomic E-state index is -0.276. The van der Waals surface area contributed by atoms with Crippen LogP contribution in [0.15, 0.2) is 61.1 Å². The lowest BCUT2D eigenvalue weighted by molar-refractivity contribution is 0.0941. The van der Waals surface area contributed by atoms with Gasteiger partial charge >= 0.3 is 6.09 Å². The standard InChI is InChI=1S/C28H28N6O2/c1-19-15-22(9-10-30-19)26-31-24-17-29-16-23(21-7-8-21)25(24)27(32-26)33-11-13-34(14-12-33)28(35)36-18-20-5-3-2-4-6-20/h2-6,9-10,15-17,21H,7-8,11-14,18H2,1H3. The van der Waals surface area contributed by atoms with E-state index < -0.39 is 0 Å². The average Bonchev–Trinajstić information content (AvgIpc) is 3.77. The molecule has 0 spiro atoms. The zero-order chi connectivity index (χ0) is 24.5. The maximum absolute atomic E-state index is 12.7. The number of anilines is 1. The highest BCUT2D eigenvalue weighted by Crippen LogP contribution is 2.44. The molecule has 8 heteroatoms. The minimum Gasteiger partial charge on any atom is -0.445 e. The predicted molar refractivity (Wildman–Crippen MR) is 138 cm³/mol. The Morgan fingerprint density at radius 1 is 1.03 bits per heavy atom. The first kappa shape index (κ1) is 22.4. The van der Waals surface area contributed by atoms with Crippen LogP contribution in [0.5, 0.6) is 0 Å². The van der Waals surface area contributed by atoms with E-state index in [0.717, 1.165) is 33.5 Å². The molecule has 1 saturated heterocycles. The third-order valence-electron chi connectivity index (χ3n) is 6.83. The summed E-state index contributed by atoms with van der Waals surface area (Å²) >= 11 is 0. The maximum Gasteiger partial charge on any atom is 0.410 e. The van der Waals surface area contributed by atoms with Crippen LogP contribution in [0.3, 0.4) is 0 Å². The van der Waals surface area contributed by atoms with Gasteiger partial charge in [0.25, 0.3) is 0 Å². The molecule has 4 aromatic rings. The first-order valence-electron chi connectivity index (χ1n) is 12.4. The number of carbonyl (C=O) groups is 1. The molecule has 1 aliphatic heterocycles. The first-order chi connectivity index (χ1) is 17.7. The zero-order valence-corrected chi connectivity index (χ0v) is 20.3. The van der Waals surface area contributed by atoms with Crippen molar-refractivity contribution >= 4 is 22.8 Å². The van der Waals surface area contributed by atoms with Crippen molar-refractivity contribution in [2.45, 2.75) is 32.3 Å². The molecule has 1 aliphatic carbocycles. The van der Waals surface area contributed by atoms with E-state index in [2.05, 4.69) is 14.9 Å². The lowest BCUT2D eigenvalue weighted by atomic mass is 10.1. The Morgan fingerprint density at radius 2 is 1.83 bits per heavy atom. The number of ether oxygens (including phenoxy) is 1. The normalized spacial score (nSPS) is 15.8. The predicted octanol–water partition coefficient (Wildman–Crippen LogP) is 4.73. The summed E-state index contributed by atoms with van der Waals surface area (Å²) in [5.41, 5.74) is 4.93. The SMILES string of the molecule is Cc1cc(-c2nc(N3CCN(C(=O)OCc4ccccc4)CC3)c3c(C4CC4)cncc3n2)ccn1. The van der Waals surface area contributed by atoms with E-state index in [-0.39, 0.29) is 12.7 Å². The Bertz CT molecular complexity index is 1400. The van der Waals surface area contributed by atoms with Gasteiger partial charge in [-0.3, -0.25) is 9.97 Å². The number of aryl methyl sites for hydroxylation is 1. The highest BCUT2D eigenvalue weighted by molar-refractivity contribution is 5.94. The number of hydrogen-bond donors (Lipinski definition) is 0. The van der Waals surface area contributed by atoms with E-state index >= 15 is 0 Å². The Balaban J connectivity index is 1.26. The monoisotopic (exact) mass is 480 g/mol. The van der Waals surface area contributed by atoms with Crippen molar-refractivity contribution in [3.63, 3.8) is 0 Å². The highest BCUT2D eigenvalue weighted by Gasteiger charge is 2.30. The summed E-state index contributed by atoms with van der Waals surface area (Å²) < 4.78 is 5.55. The summed E-state index contributed by atoms with van der Waals surface area (Å²) in [4.78, 5) is 35.5. The molecule has 0 unspecified atom stereocenters. The summed E-state index contributed by atoms with van der Waals surface area (Å²) in [6, 6.07) is 13.7. The van der Waals surface area contributed by atoms with Crippen LogP contribution in [0.25, 0.3) is 22.3 Å². The molecule has 182 valence electrons. The van der Waals surface area contributed by atoms with Gasteiger partial charge in [-0.15, -0.1) is 0 Å². The highest BCUT2D eigenvalue weighted by atomic mass is 16.6. The van der Waals surface area contributed by atoms with Crippen LogP contribution in [-0.4, -0.2) is 57.1 Å². The van der Waals surface area contributed by atoms with Crippen molar-refractivity contribution < 1.29 is 9.53 Å². The zero-order valence-electron chi connectivity index (χ0n) is 20.3. The molecule has 0 bridgehead atoms. The number of benzene rings is 1. The molecule has 2 aliphatic rings. The fourth-order valence-electron chi connectivity index (χ4n) is 4.75. The van der Waals surface area contributed by atoms with Gasteiger partial charge in [0, 0.05) is 55.2 Å². The molecule has 36 heavy (non-hydrogen) atoms.